The van der Waals surface area contributed by atoms with E-state index in [1.807, 2.05) is 6.92 Å². The number of anilines is 1. The molecule has 25 heavy (non-hydrogen) atoms. The smallest absolute Gasteiger partial charge is 0.250 e. The standard InChI is InChI=1S/C19H14F2N2OS/c1-12-18(14-5-9-16(21)10-6-14)23-19(25-12)22-17(24)11-4-13-2-7-15(20)8-3-13/h2-11H,1H3,(H,22,23,24)/b11-4+. The second-order valence-corrected chi connectivity index (χ2v) is 6.51. The highest BCUT2D eigenvalue weighted by atomic mass is 32.1. The van der Waals surface area contributed by atoms with E-state index in [0.717, 1.165) is 16.0 Å². The predicted molar refractivity (Wildman–Crippen MR) is 96.3 cm³/mol. The zero-order chi connectivity index (χ0) is 17.8. The molecule has 0 spiro atoms. The number of hydrogen-bond acceptors (Lipinski definition) is 3. The third-order valence-corrected chi connectivity index (χ3v) is 4.33. The van der Waals surface area contributed by atoms with E-state index in [9.17, 15) is 13.6 Å². The molecule has 0 atom stereocenters. The van der Waals surface area contributed by atoms with Crippen LogP contribution in [0.5, 0.6) is 0 Å². The van der Waals surface area contributed by atoms with E-state index in [1.165, 1.54) is 41.7 Å². The topological polar surface area (TPSA) is 42.0 Å². The summed E-state index contributed by atoms with van der Waals surface area (Å²) in [5, 5.41) is 3.16. The maximum atomic E-state index is 13.0. The number of halogens is 2. The van der Waals surface area contributed by atoms with Crippen molar-refractivity contribution in [3.63, 3.8) is 0 Å². The molecule has 0 aliphatic heterocycles. The number of aryl methyl sites for hydroxylation is 1. The van der Waals surface area contributed by atoms with Crippen LogP contribution >= 0.6 is 11.3 Å². The Labute approximate surface area is 147 Å². The van der Waals surface area contributed by atoms with Gasteiger partial charge in [-0.1, -0.05) is 12.1 Å². The lowest BCUT2D eigenvalue weighted by atomic mass is 10.1. The summed E-state index contributed by atoms with van der Waals surface area (Å²) in [4.78, 5) is 17.3. The Morgan fingerprint density at radius 1 is 1.04 bits per heavy atom. The van der Waals surface area contributed by atoms with Gasteiger partial charge in [-0.15, -0.1) is 11.3 Å². The van der Waals surface area contributed by atoms with Crippen molar-refractivity contribution in [2.45, 2.75) is 6.92 Å². The summed E-state index contributed by atoms with van der Waals surface area (Å²) in [6.07, 6.45) is 2.96. The van der Waals surface area contributed by atoms with Gasteiger partial charge in [0, 0.05) is 16.5 Å². The van der Waals surface area contributed by atoms with Crippen molar-refractivity contribution in [2.75, 3.05) is 5.32 Å². The number of nitrogens with one attached hydrogen (secondary N) is 1. The van der Waals surface area contributed by atoms with Crippen molar-refractivity contribution >= 4 is 28.5 Å². The van der Waals surface area contributed by atoms with E-state index >= 15 is 0 Å². The second-order valence-electron chi connectivity index (χ2n) is 5.30. The van der Waals surface area contributed by atoms with Gasteiger partial charge in [-0.25, -0.2) is 13.8 Å². The van der Waals surface area contributed by atoms with Gasteiger partial charge in [0.25, 0.3) is 0 Å². The Kier molecular flexibility index (Phi) is 5.00. The van der Waals surface area contributed by atoms with E-state index in [1.54, 1.807) is 30.3 Å². The molecule has 0 bridgehead atoms. The lowest BCUT2D eigenvalue weighted by Gasteiger charge is -1.98. The molecule has 1 heterocycles. The summed E-state index contributed by atoms with van der Waals surface area (Å²) in [6.45, 7) is 1.89. The molecule has 0 saturated carbocycles. The van der Waals surface area contributed by atoms with Gasteiger partial charge in [-0.3, -0.25) is 10.1 Å². The molecule has 3 aromatic rings. The molecule has 0 saturated heterocycles. The highest BCUT2D eigenvalue weighted by Crippen LogP contribution is 2.30. The van der Waals surface area contributed by atoms with Gasteiger partial charge in [0.2, 0.25) is 5.91 Å². The SMILES string of the molecule is Cc1sc(NC(=O)/C=C/c2ccc(F)cc2)nc1-c1ccc(F)cc1. The molecule has 0 aliphatic carbocycles. The first kappa shape index (κ1) is 17.0. The van der Waals surface area contributed by atoms with Gasteiger partial charge in [-0.05, 0) is 55.0 Å². The van der Waals surface area contributed by atoms with Crippen molar-refractivity contribution < 1.29 is 13.6 Å². The second kappa shape index (κ2) is 7.36. The maximum Gasteiger partial charge on any atom is 0.250 e. The van der Waals surface area contributed by atoms with Crippen LogP contribution in [-0.2, 0) is 4.79 Å². The molecule has 126 valence electrons. The number of aromatic nitrogens is 1. The molecular weight excluding hydrogens is 342 g/mol. The zero-order valence-electron chi connectivity index (χ0n) is 13.3. The van der Waals surface area contributed by atoms with Crippen LogP contribution in [0.15, 0.2) is 54.6 Å². The summed E-state index contributed by atoms with van der Waals surface area (Å²) in [5.41, 5.74) is 2.22. The monoisotopic (exact) mass is 356 g/mol. The average Bonchev–Trinajstić information content (AvgIpc) is 2.95. The molecule has 2 aromatic carbocycles. The molecule has 0 radical (unpaired) electrons. The molecule has 0 aliphatic rings. The molecule has 0 fully saturated rings. The van der Waals surface area contributed by atoms with Gasteiger partial charge in [0.15, 0.2) is 5.13 Å². The van der Waals surface area contributed by atoms with E-state index in [-0.39, 0.29) is 17.5 Å². The number of hydrogen-bond donors (Lipinski definition) is 1. The molecular formula is C19H14F2N2OS. The van der Waals surface area contributed by atoms with E-state index < -0.39 is 0 Å². The van der Waals surface area contributed by atoms with Crippen molar-refractivity contribution in [1.82, 2.24) is 4.98 Å². The van der Waals surface area contributed by atoms with Gasteiger partial charge < -0.3 is 0 Å². The van der Waals surface area contributed by atoms with Crippen molar-refractivity contribution in [3.8, 4) is 11.3 Å². The summed E-state index contributed by atoms with van der Waals surface area (Å²) in [5.74, 6) is -0.965. The van der Waals surface area contributed by atoms with Crippen LogP contribution in [0.4, 0.5) is 13.9 Å². The molecule has 1 amide bonds. The van der Waals surface area contributed by atoms with Crippen molar-refractivity contribution in [2.24, 2.45) is 0 Å². The Bertz CT molecular complexity index is 916. The van der Waals surface area contributed by atoms with Crippen LogP contribution in [0.3, 0.4) is 0 Å². The largest absolute Gasteiger partial charge is 0.298 e. The van der Waals surface area contributed by atoms with Crippen molar-refractivity contribution in [1.29, 1.82) is 0 Å². The lowest BCUT2D eigenvalue weighted by Crippen LogP contribution is -2.07. The minimum Gasteiger partial charge on any atom is -0.298 e. The minimum absolute atomic E-state index is 0.309. The van der Waals surface area contributed by atoms with Gasteiger partial charge >= 0.3 is 0 Å². The molecule has 3 rings (SSSR count). The van der Waals surface area contributed by atoms with Crippen LogP contribution in [0.25, 0.3) is 17.3 Å². The van der Waals surface area contributed by atoms with E-state index in [2.05, 4.69) is 10.3 Å². The number of benzene rings is 2. The molecule has 1 aromatic heterocycles. The predicted octanol–water partition coefficient (Wildman–Crippen LogP) is 5.05. The first-order chi connectivity index (χ1) is 12.0. The third kappa shape index (κ3) is 4.36. The van der Waals surface area contributed by atoms with Crippen LogP contribution < -0.4 is 5.32 Å². The normalized spacial score (nSPS) is 11.0. The Morgan fingerprint density at radius 2 is 1.64 bits per heavy atom. The third-order valence-electron chi connectivity index (χ3n) is 3.44. The Hall–Kier alpha value is -2.86. The first-order valence-corrected chi connectivity index (χ1v) is 8.31. The van der Waals surface area contributed by atoms with E-state index in [0.29, 0.717) is 10.8 Å². The van der Waals surface area contributed by atoms with E-state index in [4.69, 9.17) is 0 Å². The van der Waals surface area contributed by atoms with Gasteiger partial charge in [-0.2, -0.15) is 0 Å². The maximum absolute atomic E-state index is 13.0. The van der Waals surface area contributed by atoms with Crippen molar-refractivity contribution in [3.05, 3.63) is 76.7 Å². The highest BCUT2D eigenvalue weighted by Gasteiger charge is 2.11. The number of thiazole rings is 1. The molecule has 3 nitrogen and oxygen atoms in total. The van der Waals surface area contributed by atoms with Crippen LogP contribution in [0.1, 0.15) is 10.4 Å². The first-order valence-electron chi connectivity index (χ1n) is 7.49. The van der Waals surface area contributed by atoms with Crippen LogP contribution in [0.2, 0.25) is 0 Å². The summed E-state index contributed by atoms with van der Waals surface area (Å²) in [7, 11) is 0. The van der Waals surface area contributed by atoms with Crippen LogP contribution in [-0.4, -0.2) is 10.9 Å². The fourth-order valence-corrected chi connectivity index (χ4v) is 3.06. The minimum atomic E-state index is -0.330. The number of rotatable bonds is 4. The fraction of sp³-hybridized carbons (Fsp3) is 0.0526. The molecule has 1 N–H and O–H groups in total. The highest BCUT2D eigenvalue weighted by molar-refractivity contribution is 7.16. The number of amides is 1. The zero-order valence-corrected chi connectivity index (χ0v) is 14.1. The number of nitrogens with zero attached hydrogens (tertiary/aromatic N) is 1. The molecule has 6 heteroatoms. The number of carbonyl (C=O) groups excluding carboxylic acids is 1. The summed E-state index contributed by atoms with van der Waals surface area (Å²) >= 11 is 1.35. The molecule has 0 unspecified atom stereocenters. The van der Waals surface area contributed by atoms with Crippen LogP contribution in [0, 0.1) is 18.6 Å². The Balaban J connectivity index is 1.70. The fourth-order valence-electron chi connectivity index (χ4n) is 2.22. The summed E-state index contributed by atoms with van der Waals surface area (Å²) < 4.78 is 25.9. The van der Waals surface area contributed by atoms with Gasteiger partial charge in [0.1, 0.15) is 11.6 Å². The number of carbonyl (C=O) groups is 1. The average molecular weight is 356 g/mol. The Morgan fingerprint density at radius 3 is 2.28 bits per heavy atom. The summed E-state index contributed by atoms with van der Waals surface area (Å²) in [6, 6.07) is 11.9. The van der Waals surface area contributed by atoms with Gasteiger partial charge in [0.05, 0.1) is 5.69 Å². The quantitative estimate of drug-likeness (QED) is 0.665. The lowest BCUT2D eigenvalue weighted by molar-refractivity contribution is -0.111.